The average molecular weight is 405 g/mol. The van der Waals surface area contributed by atoms with Gasteiger partial charge in [-0.3, -0.25) is 14.6 Å². The third-order valence-electron chi connectivity index (χ3n) is 5.83. The summed E-state index contributed by atoms with van der Waals surface area (Å²) in [7, 11) is 0. The van der Waals surface area contributed by atoms with Crippen LogP contribution in [0, 0.1) is 11.3 Å². The number of amides is 1. The molecule has 30 heavy (non-hydrogen) atoms. The van der Waals surface area contributed by atoms with Crippen molar-refractivity contribution in [1.82, 2.24) is 14.7 Å². The molecule has 156 valence electrons. The highest BCUT2D eigenvalue weighted by molar-refractivity contribution is 5.94. The minimum atomic E-state index is 0.122. The van der Waals surface area contributed by atoms with Crippen LogP contribution in [0.3, 0.4) is 0 Å². The van der Waals surface area contributed by atoms with Crippen LogP contribution < -0.4 is 0 Å². The van der Waals surface area contributed by atoms with Gasteiger partial charge in [0, 0.05) is 57.9 Å². The Morgan fingerprint density at radius 3 is 2.23 bits per heavy atom. The largest absolute Gasteiger partial charge is 0.379 e. The number of hydrogen-bond acceptors (Lipinski definition) is 5. The summed E-state index contributed by atoms with van der Waals surface area (Å²) in [6.45, 7) is 8.37. The Kier molecular flexibility index (Phi) is 6.75. The topological polar surface area (TPSA) is 59.8 Å². The molecule has 0 radical (unpaired) electrons. The summed E-state index contributed by atoms with van der Waals surface area (Å²) in [5, 5.41) is 8.92. The van der Waals surface area contributed by atoms with Gasteiger partial charge < -0.3 is 9.64 Å². The summed E-state index contributed by atoms with van der Waals surface area (Å²) in [5.74, 6) is 0.122. The molecule has 2 aromatic carbocycles. The molecule has 2 aliphatic rings. The van der Waals surface area contributed by atoms with E-state index in [9.17, 15) is 4.79 Å². The third-order valence-corrected chi connectivity index (χ3v) is 5.83. The van der Waals surface area contributed by atoms with Gasteiger partial charge in [-0.15, -0.1) is 0 Å². The highest BCUT2D eigenvalue weighted by Gasteiger charge is 2.22. The number of hydrogen-bond donors (Lipinski definition) is 0. The summed E-state index contributed by atoms with van der Waals surface area (Å²) in [6, 6.07) is 17.9. The molecular formula is C24H28N4O2. The van der Waals surface area contributed by atoms with E-state index in [1.54, 1.807) is 0 Å². The van der Waals surface area contributed by atoms with Gasteiger partial charge in [-0.2, -0.15) is 5.26 Å². The minimum Gasteiger partial charge on any atom is -0.379 e. The lowest BCUT2D eigenvalue weighted by Gasteiger charge is -2.35. The minimum absolute atomic E-state index is 0.122. The Labute approximate surface area is 178 Å². The standard InChI is InChI=1S/C24H28N4O2/c25-17-20-4-6-21(7-5-20)18-26-8-10-28(11-9-26)24(29)23-3-1-2-22(16-23)19-27-12-14-30-15-13-27/h1-7,16H,8-15,18-19H2. The van der Waals surface area contributed by atoms with Gasteiger partial charge in [0.05, 0.1) is 24.8 Å². The second-order valence-electron chi connectivity index (χ2n) is 7.97. The predicted molar refractivity (Wildman–Crippen MR) is 115 cm³/mol. The Bertz CT molecular complexity index is 892. The van der Waals surface area contributed by atoms with Crippen LogP contribution in [-0.2, 0) is 17.8 Å². The van der Waals surface area contributed by atoms with E-state index < -0.39 is 0 Å². The molecule has 2 aromatic rings. The van der Waals surface area contributed by atoms with Crippen LogP contribution >= 0.6 is 0 Å². The highest BCUT2D eigenvalue weighted by atomic mass is 16.5. The fraction of sp³-hybridized carbons (Fsp3) is 0.417. The molecule has 2 fully saturated rings. The number of morpholine rings is 1. The maximum absolute atomic E-state index is 13.0. The number of carbonyl (C=O) groups excluding carboxylic acids is 1. The van der Waals surface area contributed by atoms with Crippen LogP contribution in [0.15, 0.2) is 48.5 Å². The van der Waals surface area contributed by atoms with Gasteiger partial charge in [0.1, 0.15) is 0 Å². The first-order valence-corrected chi connectivity index (χ1v) is 10.6. The van der Waals surface area contributed by atoms with Crippen molar-refractivity contribution in [1.29, 1.82) is 5.26 Å². The fourth-order valence-corrected chi connectivity index (χ4v) is 4.05. The molecule has 0 N–H and O–H groups in total. The zero-order valence-corrected chi connectivity index (χ0v) is 17.3. The van der Waals surface area contributed by atoms with Crippen molar-refractivity contribution >= 4 is 5.91 Å². The number of nitriles is 1. The van der Waals surface area contributed by atoms with Crippen molar-refractivity contribution in [3.63, 3.8) is 0 Å². The van der Waals surface area contributed by atoms with Crippen molar-refractivity contribution in [3.05, 3.63) is 70.8 Å². The van der Waals surface area contributed by atoms with Gasteiger partial charge in [0.25, 0.3) is 5.91 Å². The van der Waals surface area contributed by atoms with Crippen molar-refractivity contribution in [2.24, 2.45) is 0 Å². The quantitative estimate of drug-likeness (QED) is 0.766. The van der Waals surface area contributed by atoms with Crippen LogP contribution in [0.5, 0.6) is 0 Å². The van der Waals surface area contributed by atoms with Gasteiger partial charge in [-0.1, -0.05) is 24.3 Å². The van der Waals surface area contributed by atoms with E-state index in [-0.39, 0.29) is 5.91 Å². The highest BCUT2D eigenvalue weighted by Crippen LogP contribution is 2.15. The maximum atomic E-state index is 13.0. The third kappa shape index (κ3) is 5.25. The molecule has 0 aliphatic carbocycles. The first-order valence-electron chi connectivity index (χ1n) is 10.6. The summed E-state index contributed by atoms with van der Waals surface area (Å²) in [4.78, 5) is 19.7. The Morgan fingerprint density at radius 1 is 0.867 bits per heavy atom. The van der Waals surface area contributed by atoms with Crippen LogP contribution in [0.25, 0.3) is 0 Å². The van der Waals surface area contributed by atoms with Crippen LogP contribution in [0.1, 0.15) is 27.0 Å². The molecule has 6 heteroatoms. The number of benzene rings is 2. The molecule has 0 atom stereocenters. The van der Waals surface area contributed by atoms with Gasteiger partial charge in [0.2, 0.25) is 0 Å². The number of ether oxygens (including phenoxy) is 1. The van der Waals surface area contributed by atoms with E-state index in [4.69, 9.17) is 10.00 Å². The molecule has 0 bridgehead atoms. The summed E-state index contributed by atoms with van der Waals surface area (Å²) >= 11 is 0. The Morgan fingerprint density at radius 2 is 1.53 bits per heavy atom. The molecular weight excluding hydrogens is 376 g/mol. The average Bonchev–Trinajstić information content (AvgIpc) is 2.80. The van der Waals surface area contributed by atoms with Crippen molar-refractivity contribution in [3.8, 4) is 6.07 Å². The Hall–Kier alpha value is -2.72. The summed E-state index contributed by atoms with van der Waals surface area (Å²) < 4.78 is 5.42. The van der Waals surface area contributed by atoms with E-state index in [1.165, 1.54) is 11.1 Å². The number of carbonyl (C=O) groups is 1. The van der Waals surface area contributed by atoms with Crippen molar-refractivity contribution < 1.29 is 9.53 Å². The molecule has 0 unspecified atom stereocenters. The zero-order chi connectivity index (χ0) is 20.8. The number of nitrogens with zero attached hydrogens (tertiary/aromatic N) is 4. The van der Waals surface area contributed by atoms with Crippen LogP contribution in [0.4, 0.5) is 0 Å². The van der Waals surface area contributed by atoms with Crippen LogP contribution in [-0.4, -0.2) is 73.1 Å². The van der Waals surface area contributed by atoms with Crippen LogP contribution in [0.2, 0.25) is 0 Å². The molecule has 0 spiro atoms. The molecule has 6 nitrogen and oxygen atoms in total. The van der Waals surface area contributed by atoms with Gasteiger partial charge in [0.15, 0.2) is 0 Å². The molecule has 4 rings (SSSR count). The summed E-state index contributed by atoms with van der Waals surface area (Å²) in [5.41, 5.74) is 3.85. The van der Waals surface area contributed by atoms with Crippen molar-refractivity contribution in [2.75, 3.05) is 52.5 Å². The second-order valence-corrected chi connectivity index (χ2v) is 7.97. The lowest BCUT2D eigenvalue weighted by molar-refractivity contribution is 0.0341. The van der Waals surface area contributed by atoms with E-state index in [1.807, 2.05) is 47.4 Å². The number of rotatable bonds is 5. The smallest absolute Gasteiger partial charge is 0.253 e. The first kappa shape index (κ1) is 20.5. The molecule has 2 saturated heterocycles. The zero-order valence-electron chi connectivity index (χ0n) is 17.3. The van der Waals surface area contributed by atoms with E-state index in [0.717, 1.165) is 71.1 Å². The maximum Gasteiger partial charge on any atom is 0.253 e. The Balaban J connectivity index is 1.30. The van der Waals surface area contributed by atoms with Gasteiger partial charge in [-0.05, 0) is 35.4 Å². The lowest BCUT2D eigenvalue weighted by Crippen LogP contribution is -2.48. The molecule has 0 aromatic heterocycles. The first-order chi connectivity index (χ1) is 14.7. The SMILES string of the molecule is N#Cc1ccc(CN2CCN(C(=O)c3cccc(CN4CCOCC4)c3)CC2)cc1. The molecule has 2 heterocycles. The van der Waals surface area contributed by atoms with Crippen molar-refractivity contribution in [2.45, 2.75) is 13.1 Å². The molecule has 0 saturated carbocycles. The van der Waals surface area contributed by atoms with E-state index in [2.05, 4.69) is 21.9 Å². The fourth-order valence-electron chi connectivity index (χ4n) is 4.05. The van der Waals surface area contributed by atoms with Gasteiger partial charge in [-0.25, -0.2) is 0 Å². The second kappa shape index (κ2) is 9.86. The predicted octanol–water partition coefficient (Wildman–Crippen LogP) is 2.35. The van der Waals surface area contributed by atoms with Gasteiger partial charge >= 0.3 is 0 Å². The summed E-state index contributed by atoms with van der Waals surface area (Å²) in [6.07, 6.45) is 0. The normalized spacial score (nSPS) is 18.2. The van der Waals surface area contributed by atoms with E-state index in [0.29, 0.717) is 5.56 Å². The van der Waals surface area contributed by atoms with E-state index >= 15 is 0 Å². The lowest BCUT2D eigenvalue weighted by atomic mass is 10.1. The molecule has 1 amide bonds. The monoisotopic (exact) mass is 404 g/mol. The number of piperazine rings is 1. The molecule has 2 aliphatic heterocycles.